The number of nitrogens with one attached hydrogen (secondary N) is 1. The molecule has 0 fully saturated rings. The number of nitrogens with two attached hydrogens (primary N) is 1. The van der Waals surface area contributed by atoms with Crippen molar-refractivity contribution < 1.29 is 13.5 Å². The Morgan fingerprint density at radius 1 is 1.15 bits per heavy atom. The van der Waals surface area contributed by atoms with Crippen molar-refractivity contribution in [2.75, 3.05) is 0 Å². The zero-order valence-corrected chi connectivity index (χ0v) is 10.9. The molecule has 0 saturated heterocycles. The largest absolute Gasteiger partial charge is 0.489 e. The summed E-state index contributed by atoms with van der Waals surface area (Å²) in [4.78, 5) is 0. The van der Waals surface area contributed by atoms with Gasteiger partial charge in [0.05, 0.1) is 0 Å². The Balaban J connectivity index is 2.12. The van der Waals surface area contributed by atoms with Crippen molar-refractivity contribution in [2.24, 2.45) is 5.73 Å². The van der Waals surface area contributed by atoms with E-state index in [1.165, 1.54) is 0 Å². The highest BCUT2D eigenvalue weighted by molar-refractivity contribution is 5.95. The van der Waals surface area contributed by atoms with Crippen molar-refractivity contribution in [3.8, 4) is 5.75 Å². The highest BCUT2D eigenvalue weighted by atomic mass is 19.1. The molecule has 2 aromatic carbocycles. The van der Waals surface area contributed by atoms with E-state index in [2.05, 4.69) is 0 Å². The minimum absolute atomic E-state index is 0.00669. The minimum atomic E-state index is -0.677. The molecule has 0 bridgehead atoms. The lowest BCUT2D eigenvalue weighted by molar-refractivity contribution is 0.302. The van der Waals surface area contributed by atoms with Crippen LogP contribution >= 0.6 is 0 Å². The van der Waals surface area contributed by atoms with Crippen LogP contribution in [0.4, 0.5) is 8.78 Å². The van der Waals surface area contributed by atoms with Gasteiger partial charge in [-0.25, -0.2) is 8.78 Å². The average molecular weight is 276 g/mol. The van der Waals surface area contributed by atoms with Gasteiger partial charge in [0.2, 0.25) is 0 Å². The summed E-state index contributed by atoms with van der Waals surface area (Å²) in [7, 11) is 0. The number of hydrogen-bond acceptors (Lipinski definition) is 2. The summed E-state index contributed by atoms with van der Waals surface area (Å²) < 4.78 is 31.4. The van der Waals surface area contributed by atoms with E-state index in [0.717, 1.165) is 29.3 Å². The maximum atomic E-state index is 13.0. The zero-order valence-electron chi connectivity index (χ0n) is 10.9. The Morgan fingerprint density at radius 3 is 2.35 bits per heavy atom. The van der Waals surface area contributed by atoms with Gasteiger partial charge in [-0.05, 0) is 24.1 Å². The molecule has 3 N–H and O–H groups in total. The molecule has 0 aliphatic heterocycles. The van der Waals surface area contributed by atoms with Gasteiger partial charge in [-0.1, -0.05) is 12.1 Å². The molecular formula is C15H14F2N2O. The van der Waals surface area contributed by atoms with Gasteiger partial charge in [-0.3, -0.25) is 5.41 Å². The molecule has 0 aliphatic rings. The first-order valence-electron chi connectivity index (χ1n) is 5.98. The maximum Gasteiger partial charge on any atom is 0.129 e. The molecule has 0 heterocycles. The second kappa shape index (κ2) is 5.69. The Morgan fingerprint density at radius 2 is 1.80 bits per heavy atom. The number of nitrogen functional groups attached to an aromatic ring is 1. The number of benzene rings is 2. The molecule has 0 radical (unpaired) electrons. The zero-order chi connectivity index (χ0) is 14.7. The molecule has 0 spiro atoms. The molecule has 0 atom stereocenters. The van der Waals surface area contributed by atoms with E-state index < -0.39 is 11.6 Å². The monoisotopic (exact) mass is 276 g/mol. The number of hydrogen-bond donors (Lipinski definition) is 2. The predicted octanol–water partition coefficient (Wildman–Crippen LogP) is 3.14. The molecule has 3 nitrogen and oxygen atoms in total. The molecule has 0 amide bonds. The molecule has 0 saturated carbocycles. The molecule has 2 rings (SSSR count). The number of aryl methyl sites for hydroxylation is 1. The number of rotatable bonds is 4. The molecular weight excluding hydrogens is 262 g/mol. The van der Waals surface area contributed by atoms with Crippen molar-refractivity contribution in [3.63, 3.8) is 0 Å². The van der Waals surface area contributed by atoms with Crippen LogP contribution in [-0.2, 0) is 6.61 Å². The van der Waals surface area contributed by atoms with Gasteiger partial charge in [-0.15, -0.1) is 0 Å². The van der Waals surface area contributed by atoms with Crippen molar-refractivity contribution in [3.05, 3.63) is 64.7 Å². The van der Waals surface area contributed by atoms with Crippen LogP contribution in [0, 0.1) is 24.0 Å². The Bertz CT molecular complexity index is 636. The first-order chi connectivity index (χ1) is 9.45. The molecule has 0 aromatic heterocycles. The lowest BCUT2D eigenvalue weighted by Gasteiger charge is -2.10. The van der Waals surface area contributed by atoms with Crippen molar-refractivity contribution in [1.29, 1.82) is 5.41 Å². The van der Waals surface area contributed by atoms with Crippen molar-refractivity contribution >= 4 is 5.84 Å². The SMILES string of the molecule is Cc1cc(C(=N)N)ccc1COc1cc(F)cc(F)c1. The fourth-order valence-corrected chi connectivity index (χ4v) is 1.80. The highest BCUT2D eigenvalue weighted by Crippen LogP contribution is 2.18. The van der Waals surface area contributed by atoms with Gasteiger partial charge >= 0.3 is 0 Å². The van der Waals surface area contributed by atoms with Crippen LogP contribution in [0.25, 0.3) is 0 Å². The average Bonchev–Trinajstić information content (AvgIpc) is 2.36. The summed E-state index contributed by atoms with van der Waals surface area (Å²) in [6.07, 6.45) is 0. The normalized spacial score (nSPS) is 10.3. The third-order valence-electron chi connectivity index (χ3n) is 2.88. The Hall–Kier alpha value is -2.43. The molecule has 0 unspecified atom stereocenters. The predicted molar refractivity (Wildman–Crippen MR) is 72.9 cm³/mol. The fourth-order valence-electron chi connectivity index (χ4n) is 1.80. The summed E-state index contributed by atoms with van der Waals surface area (Å²) in [5.74, 6) is -1.22. The van der Waals surface area contributed by atoms with Crippen LogP contribution < -0.4 is 10.5 Å². The van der Waals surface area contributed by atoms with Crippen molar-refractivity contribution in [1.82, 2.24) is 0 Å². The van der Waals surface area contributed by atoms with Crippen LogP contribution in [0.1, 0.15) is 16.7 Å². The Labute approximate surface area is 115 Å². The minimum Gasteiger partial charge on any atom is -0.489 e. The lowest BCUT2D eigenvalue weighted by Crippen LogP contribution is -2.11. The quantitative estimate of drug-likeness (QED) is 0.665. The van der Waals surface area contributed by atoms with E-state index in [1.807, 2.05) is 6.92 Å². The van der Waals surface area contributed by atoms with Crippen LogP contribution in [-0.4, -0.2) is 5.84 Å². The van der Waals surface area contributed by atoms with E-state index in [0.29, 0.717) is 5.56 Å². The van der Waals surface area contributed by atoms with Crippen LogP contribution in [0.5, 0.6) is 5.75 Å². The van der Waals surface area contributed by atoms with Crippen molar-refractivity contribution in [2.45, 2.75) is 13.5 Å². The van der Waals surface area contributed by atoms with Gasteiger partial charge in [0.15, 0.2) is 0 Å². The van der Waals surface area contributed by atoms with Gasteiger partial charge in [0.25, 0.3) is 0 Å². The van der Waals surface area contributed by atoms with Gasteiger partial charge < -0.3 is 10.5 Å². The fraction of sp³-hybridized carbons (Fsp3) is 0.133. The van der Waals surface area contributed by atoms with E-state index >= 15 is 0 Å². The first kappa shape index (κ1) is 14.0. The lowest BCUT2D eigenvalue weighted by atomic mass is 10.1. The van der Waals surface area contributed by atoms with Crippen LogP contribution in [0.3, 0.4) is 0 Å². The third kappa shape index (κ3) is 3.32. The molecule has 2 aromatic rings. The molecule has 20 heavy (non-hydrogen) atoms. The molecule has 0 aliphatic carbocycles. The second-order valence-corrected chi connectivity index (χ2v) is 4.45. The van der Waals surface area contributed by atoms with Gasteiger partial charge in [0, 0.05) is 23.8 Å². The number of amidine groups is 1. The van der Waals surface area contributed by atoms with E-state index in [-0.39, 0.29) is 18.2 Å². The topological polar surface area (TPSA) is 59.1 Å². The van der Waals surface area contributed by atoms with E-state index in [1.54, 1.807) is 18.2 Å². The van der Waals surface area contributed by atoms with Crippen LogP contribution in [0.2, 0.25) is 0 Å². The first-order valence-corrected chi connectivity index (χ1v) is 5.98. The number of halogens is 2. The van der Waals surface area contributed by atoms with E-state index in [9.17, 15) is 8.78 Å². The summed E-state index contributed by atoms with van der Waals surface area (Å²) in [6, 6.07) is 8.31. The summed E-state index contributed by atoms with van der Waals surface area (Å²) in [5, 5.41) is 7.35. The van der Waals surface area contributed by atoms with Crippen LogP contribution in [0.15, 0.2) is 36.4 Å². The standard InChI is InChI=1S/C15H14F2N2O/c1-9-4-10(15(18)19)2-3-11(9)8-20-14-6-12(16)5-13(17)7-14/h2-7H,8H2,1H3,(H3,18,19). The van der Waals surface area contributed by atoms with Gasteiger partial charge in [-0.2, -0.15) is 0 Å². The summed E-state index contributed by atoms with van der Waals surface area (Å²) in [6.45, 7) is 2.05. The highest BCUT2D eigenvalue weighted by Gasteiger charge is 2.05. The Kier molecular flexibility index (Phi) is 3.98. The third-order valence-corrected chi connectivity index (χ3v) is 2.88. The maximum absolute atomic E-state index is 13.0. The molecule has 5 heteroatoms. The van der Waals surface area contributed by atoms with E-state index in [4.69, 9.17) is 15.9 Å². The second-order valence-electron chi connectivity index (χ2n) is 4.45. The number of ether oxygens (including phenoxy) is 1. The summed E-state index contributed by atoms with van der Waals surface area (Å²) in [5.41, 5.74) is 7.79. The smallest absolute Gasteiger partial charge is 0.129 e. The summed E-state index contributed by atoms with van der Waals surface area (Å²) >= 11 is 0. The molecule has 104 valence electrons. The van der Waals surface area contributed by atoms with Gasteiger partial charge in [0.1, 0.15) is 29.8 Å².